The first-order chi connectivity index (χ1) is 10.1. The summed E-state index contributed by atoms with van der Waals surface area (Å²) in [4.78, 5) is 16.7. The standard InChI is InChI=1S/C15H12.2CHNO/c1-10-6-8-12-4-3-5-13-11(2)7-9-14(10)15(12)13;2*2-1-3/h3-6,8-9H,1-2,7H2;2*2H. The van der Waals surface area contributed by atoms with Gasteiger partial charge in [-0.1, -0.05) is 49.6 Å². The number of nitrogens with one attached hydrogen (secondary N) is 2. The van der Waals surface area contributed by atoms with E-state index in [4.69, 9.17) is 20.4 Å². The highest BCUT2D eigenvalue weighted by Crippen LogP contribution is 2.26. The molecule has 0 heterocycles. The molecule has 0 saturated heterocycles. The fourth-order valence-electron chi connectivity index (χ4n) is 2.31. The smallest absolute Gasteiger partial charge is 0.222 e. The predicted molar refractivity (Wildman–Crippen MR) is 83.7 cm³/mol. The largest absolute Gasteiger partial charge is 0.231 e. The van der Waals surface area contributed by atoms with Gasteiger partial charge in [0.05, 0.1) is 0 Å². The maximum atomic E-state index is 8.35. The second-order valence-electron chi connectivity index (χ2n) is 4.26. The number of rotatable bonds is 0. The Kier molecular flexibility index (Phi) is 5.72. The summed E-state index contributed by atoms with van der Waals surface area (Å²) in [7, 11) is 0. The van der Waals surface area contributed by atoms with Gasteiger partial charge in [-0.05, 0) is 38.8 Å². The highest BCUT2D eigenvalue weighted by molar-refractivity contribution is 5.97. The van der Waals surface area contributed by atoms with Gasteiger partial charge in [0.1, 0.15) is 0 Å². The Labute approximate surface area is 121 Å². The highest BCUT2D eigenvalue weighted by Gasteiger charge is 2.09. The van der Waals surface area contributed by atoms with E-state index in [0.717, 1.165) is 23.8 Å². The van der Waals surface area contributed by atoms with Gasteiger partial charge in [0.15, 0.2) is 0 Å². The Morgan fingerprint density at radius 1 is 1.00 bits per heavy atom. The lowest BCUT2D eigenvalue weighted by Gasteiger charge is -2.13. The average Bonchev–Trinajstić information content (AvgIpc) is 2.47. The van der Waals surface area contributed by atoms with Gasteiger partial charge < -0.3 is 0 Å². The van der Waals surface area contributed by atoms with Crippen molar-refractivity contribution in [2.24, 2.45) is 0 Å². The number of hydrogen-bond acceptors (Lipinski definition) is 4. The molecule has 0 saturated carbocycles. The van der Waals surface area contributed by atoms with Crippen LogP contribution in [0, 0.1) is 10.8 Å². The molecule has 0 spiro atoms. The van der Waals surface area contributed by atoms with E-state index in [1.165, 1.54) is 27.1 Å². The lowest BCUT2D eigenvalue weighted by atomic mass is 9.91. The van der Waals surface area contributed by atoms with E-state index in [2.05, 4.69) is 49.6 Å². The second-order valence-corrected chi connectivity index (χ2v) is 4.26. The van der Waals surface area contributed by atoms with E-state index in [1.54, 1.807) is 0 Å². The van der Waals surface area contributed by atoms with Gasteiger partial charge in [0.2, 0.25) is 12.2 Å². The van der Waals surface area contributed by atoms with Crippen LogP contribution in [0.4, 0.5) is 0 Å². The number of allylic oxidation sites excluding steroid dienone is 1. The number of isocyanates is 2. The summed E-state index contributed by atoms with van der Waals surface area (Å²) in [5, 5.41) is 15.8. The molecule has 0 unspecified atom stereocenters. The minimum Gasteiger partial charge on any atom is -0.222 e. The minimum absolute atomic E-state index is 0.750. The summed E-state index contributed by atoms with van der Waals surface area (Å²) in [6.45, 7) is 8.20. The van der Waals surface area contributed by atoms with Crippen molar-refractivity contribution < 1.29 is 9.59 Å². The van der Waals surface area contributed by atoms with Gasteiger partial charge in [-0.3, -0.25) is 0 Å². The van der Waals surface area contributed by atoms with Crippen LogP contribution >= 0.6 is 0 Å². The molecule has 3 rings (SSSR count). The van der Waals surface area contributed by atoms with Crippen LogP contribution in [-0.4, -0.2) is 12.2 Å². The van der Waals surface area contributed by atoms with E-state index in [1.807, 2.05) is 0 Å². The Balaban J connectivity index is 0.000000321. The molecule has 0 fully saturated rings. The molecule has 104 valence electrons. The van der Waals surface area contributed by atoms with Crippen LogP contribution in [0.5, 0.6) is 0 Å². The van der Waals surface area contributed by atoms with Gasteiger partial charge in [0, 0.05) is 0 Å². The van der Waals surface area contributed by atoms with Gasteiger partial charge in [-0.15, -0.1) is 0 Å². The predicted octanol–water partition coefficient (Wildman–Crippen LogP) is 2.25. The number of benzene rings is 2. The third-order valence-corrected chi connectivity index (χ3v) is 3.11. The maximum absolute atomic E-state index is 8.35. The molecular weight excluding hydrogens is 264 g/mol. The topological polar surface area (TPSA) is 81.8 Å². The molecule has 0 bridgehead atoms. The van der Waals surface area contributed by atoms with E-state index in [-0.39, 0.29) is 0 Å². The SMILES string of the molecule is C=C1CC=c2c(=C)ccc3cccc1c23.N=C=O.N=C=O. The molecule has 4 nitrogen and oxygen atoms in total. The highest BCUT2D eigenvalue weighted by atomic mass is 16.1. The van der Waals surface area contributed by atoms with Crippen molar-refractivity contribution in [3.63, 3.8) is 0 Å². The van der Waals surface area contributed by atoms with Crippen molar-refractivity contribution in [3.05, 3.63) is 52.9 Å². The first-order valence-corrected chi connectivity index (χ1v) is 6.07. The average molecular weight is 278 g/mol. The van der Waals surface area contributed by atoms with Crippen LogP contribution in [0.1, 0.15) is 12.0 Å². The summed E-state index contributed by atoms with van der Waals surface area (Å²) in [5.74, 6) is 0. The summed E-state index contributed by atoms with van der Waals surface area (Å²) in [6.07, 6.45) is 4.68. The van der Waals surface area contributed by atoms with E-state index in [0.29, 0.717) is 0 Å². The van der Waals surface area contributed by atoms with Gasteiger partial charge in [-0.2, -0.15) is 0 Å². The lowest BCUT2D eigenvalue weighted by molar-refractivity contribution is 0.562. The molecule has 2 aromatic carbocycles. The van der Waals surface area contributed by atoms with Crippen LogP contribution in [0.15, 0.2) is 36.9 Å². The van der Waals surface area contributed by atoms with Gasteiger partial charge >= 0.3 is 0 Å². The summed E-state index contributed by atoms with van der Waals surface area (Å²) >= 11 is 0. The van der Waals surface area contributed by atoms with Crippen LogP contribution in [0.2, 0.25) is 0 Å². The Morgan fingerprint density at radius 2 is 1.62 bits per heavy atom. The molecule has 0 radical (unpaired) electrons. The van der Waals surface area contributed by atoms with Gasteiger partial charge in [-0.25, -0.2) is 20.4 Å². The van der Waals surface area contributed by atoms with E-state index >= 15 is 0 Å². The summed E-state index contributed by atoms with van der Waals surface area (Å²) in [6, 6.07) is 10.6. The number of carbonyl (C=O) groups excluding carboxylic acids is 2. The van der Waals surface area contributed by atoms with Crippen LogP contribution in [0.25, 0.3) is 29.0 Å². The molecule has 1 aliphatic rings. The molecular formula is C17H14N2O2. The molecule has 2 aromatic rings. The van der Waals surface area contributed by atoms with Crippen molar-refractivity contribution >= 4 is 41.2 Å². The maximum Gasteiger partial charge on any atom is 0.231 e. The lowest BCUT2D eigenvalue weighted by Crippen LogP contribution is -2.26. The summed E-state index contributed by atoms with van der Waals surface area (Å²) in [5.41, 5.74) is 2.49. The molecule has 2 N–H and O–H groups in total. The molecule has 0 amide bonds. The fraction of sp³-hybridized carbons (Fsp3) is 0.0588. The van der Waals surface area contributed by atoms with E-state index < -0.39 is 0 Å². The fourth-order valence-corrected chi connectivity index (χ4v) is 2.31. The first-order valence-electron chi connectivity index (χ1n) is 6.07. The first kappa shape index (κ1) is 16.0. The second kappa shape index (κ2) is 7.51. The zero-order valence-electron chi connectivity index (χ0n) is 11.4. The molecule has 21 heavy (non-hydrogen) atoms. The van der Waals surface area contributed by atoms with Crippen molar-refractivity contribution in [2.45, 2.75) is 6.42 Å². The minimum atomic E-state index is 0.750. The number of hydrogen-bond donors (Lipinski definition) is 2. The third-order valence-electron chi connectivity index (χ3n) is 3.11. The zero-order chi connectivity index (χ0) is 15.8. The molecule has 1 aliphatic carbocycles. The molecule has 0 aromatic heterocycles. The molecule has 0 aliphatic heterocycles. The van der Waals surface area contributed by atoms with Crippen LogP contribution < -0.4 is 10.4 Å². The third kappa shape index (κ3) is 3.48. The van der Waals surface area contributed by atoms with Gasteiger partial charge in [0.25, 0.3) is 0 Å². The monoisotopic (exact) mass is 278 g/mol. The van der Waals surface area contributed by atoms with Crippen molar-refractivity contribution in [2.75, 3.05) is 0 Å². The summed E-state index contributed by atoms with van der Waals surface area (Å²) < 4.78 is 0. The molecule has 4 heteroatoms. The van der Waals surface area contributed by atoms with Crippen LogP contribution in [0.3, 0.4) is 0 Å². The Hall–Kier alpha value is -3.06. The quantitative estimate of drug-likeness (QED) is 0.572. The normalized spacial score (nSPS) is 10.8. The Morgan fingerprint density at radius 3 is 2.24 bits per heavy atom. The van der Waals surface area contributed by atoms with Crippen molar-refractivity contribution in [1.82, 2.24) is 0 Å². The van der Waals surface area contributed by atoms with Crippen LogP contribution in [-0.2, 0) is 9.59 Å². The molecule has 0 atom stereocenters. The van der Waals surface area contributed by atoms with Crippen molar-refractivity contribution in [1.29, 1.82) is 10.8 Å². The zero-order valence-corrected chi connectivity index (χ0v) is 11.4. The van der Waals surface area contributed by atoms with Crippen molar-refractivity contribution in [3.8, 4) is 0 Å². The van der Waals surface area contributed by atoms with E-state index in [9.17, 15) is 0 Å². The Bertz CT molecular complexity index is 842.